The predicted molar refractivity (Wildman–Crippen MR) is 89.2 cm³/mol. The molecule has 1 aromatic heterocycles. The van der Waals surface area contributed by atoms with E-state index in [1.165, 1.54) is 19.3 Å². The molecule has 1 aliphatic rings. The number of methoxy groups -OCH3 is 1. The number of aromatic nitrogens is 2. The predicted octanol–water partition coefficient (Wildman–Crippen LogP) is 4.22. The molecule has 2 aromatic rings. The summed E-state index contributed by atoms with van der Waals surface area (Å²) >= 11 is 1.66. The summed E-state index contributed by atoms with van der Waals surface area (Å²) < 4.78 is 5.24. The number of imidazole rings is 1. The lowest BCUT2D eigenvalue weighted by Gasteiger charge is -2.19. The lowest BCUT2D eigenvalue weighted by Crippen LogP contribution is -2.19. The summed E-state index contributed by atoms with van der Waals surface area (Å²) in [7, 11) is 1.66. The first-order valence-corrected chi connectivity index (χ1v) is 8.59. The van der Waals surface area contributed by atoms with E-state index < -0.39 is 0 Å². The maximum absolute atomic E-state index is 9.29. The van der Waals surface area contributed by atoms with E-state index in [0.29, 0.717) is 0 Å². The third kappa shape index (κ3) is 3.38. The van der Waals surface area contributed by atoms with Crippen LogP contribution in [-0.4, -0.2) is 33.2 Å². The molecule has 3 rings (SSSR count). The van der Waals surface area contributed by atoms with Crippen molar-refractivity contribution >= 4 is 28.5 Å². The summed E-state index contributed by atoms with van der Waals surface area (Å²) in [5, 5.41) is 13.9. The van der Waals surface area contributed by atoms with Crippen molar-refractivity contribution in [2.75, 3.05) is 7.11 Å². The van der Waals surface area contributed by atoms with Gasteiger partial charge in [0.2, 0.25) is 0 Å². The Balaban J connectivity index is 1.80. The fourth-order valence-electron chi connectivity index (χ4n) is 2.84. The highest BCUT2D eigenvalue weighted by Gasteiger charge is 2.21. The van der Waals surface area contributed by atoms with Crippen molar-refractivity contribution in [1.82, 2.24) is 9.97 Å². The van der Waals surface area contributed by atoms with Gasteiger partial charge in [-0.2, -0.15) is 0 Å². The second-order valence-corrected chi connectivity index (χ2v) is 6.77. The lowest BCUT2D eigenvalue weighted by atomic mass is 9.99. The molecule has 5 nitrogen and oxygen atoms in total. The van der Waals surface area contributed by atoms with Gasteiger partial charge in [0.05, 0.1) is 29.1 Å². The van der Waals surface area contributed by atoms with E-state index in [0.717, 1.165) is 46.9 Å². The largest absolute Gasteiger partial charge is 0.497 e. The number of ether oxygens (including phenoxy) is 1. The van der Waals surface area contributed by atoms with Gasteiger partial charge >= 0.3 is 0 Å². The smallest absolute Gasteiger partial charge is 0.167 e. The second kappa shape index (κ2) is 7.05. The first kappa shape index (κ1) is 15.2. The van der Waals surface area contributed by atoms with E-state index in [1.807, 2.05) is 18.2 Å². The molecule has 6 heteroatoms. The number of hydrogen-bond donors (Lipinski definition) is 2. The number of oxime groups is 1. The normalized spacial score (nSPS) is 21.7. The minimum atomic E-state index is 0.202. The average molecular weight is 319 g/mol. The van der Waals surface area contributed by atoms with Crippen LogP contribution in [0.5, 0.6) is 5.75 Å². The molecular weight excluding hydrogens is 298 g/mol. The van der Waals surface area contributed by atoms with Gasteiger partial charge in [0.1, 0.15) is 5.75 Å². The topological polar surface area (TPSA) is 70.5 Å². The SMILES string of the molecule is COc1ccc2nc(S[C@H]3CCCCCC/C3=N\O)[nH]c2c1. The molecule has 1 fully saturated rings. The van der Waals surface area contributed by atoms with Crippen molar-refractivity contribution in [1.29, 1.82) is 0 Å². The van der Waals surface area contributed by atoms with Crippen molar-refractivity contribution in [3.05, 3.63) is 18.2 Å². The number of aromatic amines is 1. The number of nitrogens with zero attached hydrogens (tertiary/aromatic N) is 2. The highest BCUT2D eigenvalue weighted by molar-refractivity contribution is 8.00. The van der Waals surface area contributed by atoms with Crippen molar-refractivity contribution in [3.63, 3.8) is 0 Å². The quantitative estimate of drug-likeness (QED) is 0.656. The Bertz CT molecular complexity index is 668. The van der Waals surface area contributed by atoms with E-state index in [9.17, 15) is 5.21 Å². The second-order valence-electron chi connectivity index (χ2n) is 5.58. The summed E-state index contributed by atoms with van der Waals surface area (Å²) in [6.45, 7) is 0. The van der Waals surface area contributed by atoms with Crippen LogP contribution in [0.25, 0.3) is 11.0 Å². The Kier molecular flexibility index (Phi) is 4.87. The van der Waals surface area contributed by atoms with Gasteiger partial charge in [-0.1, -0.05) is 36.2 Å². The Morgan fingerprint density at radius 3 is 3.00 bits per heavy atom. The number of fused-ring (bicyclic) bond motifs is 1. The van der Waals surface area contributed by atoms with Crippen LogP contribution in [0, 0.1) is 0 Å². The molecule has 2 N–H and O–H groups in total. The summed E-state index contributed by atoms with van der Waals surface area (Å²) in [6, 6.07) is 5.81. The molecule has 1 aromatic carbocycles. The van der Waals surface area contributed by atoms with Crippen LogP contribution in [-0.2, 0) is 0 Å². The summed E-state index contributed by atoms with van der Waals surface area (Å²) in [6.07, 6.45) is 6.67. The minimum Gasteiger partial charge on any atom is -0.497 e. The van der Waals surface area contributed by atoms with Crippen LogP contribution in [0.2, 0.25) is 0 Å². The number of hydrogen-bond acceptors (Lipinski definition) is 5. The number of rotatable bonds is 3. The molecular formula is C16H21N3O2S. The molecule has 0 bridgehead atoms. The van der Waals surface area contributed by atoms with Gasteiger partial charge in [-0.25, -0.2) is 4.98 Å². The third-order valence-corrected chi connectivity index (χ3v) is 5.28. The standard InChI is InChI=1S/C16H21N3O2S/c1-21-11-8-9-12-14(10-11)18-16(17-12)22-15-7-5-3-2-4-6-13(15)19-20/h8-10,15,20H,2-7H2,1H3,(H,17,18)/b19-13+/t15-/m0/s1. The van der Waals surface area contributed by atoms with Gasteiger partial charge in [-0.05, 0) is 31.4 Å². The third-order valence-electron chi connectivity index (χ3n) is 4.07. The van der Waals surface area contributed by atoms with Crippen molar-refractivity contribution in [3.8, 4) is 5.75 Å². The van der Waals surface area contributed by atoms with Gasteiger partial charge in [-0.15, -0.1) is 0 Å². The minimum absolute atomic E-state index is 0.202. The summed E-state index contributed by atoms with van der Waals surface area (Å²) in [5.41, 5.74) is 2.79. The van der Waals surface area contributed by atoms with Crippen LogP contribution >= 0.6 is 11.8 Å². The molecule has 1 saturated carbocycles. The van der Waals surface area contributed by atoms with Crippen LogP contribution in [0.4, 0.5) is 0 Å². The van der Waals surface area contributed by atoms with Crippen LogP contribution in [0.3, 0.4) is 0 Å². The first-order chi connectivity index (χ1) is 10.8. The maximum atomic E-state index is 9.29. The summed E-state index contributed by atoms with van der Waals surface area (Å²) in [5.74, 6) is 0.816. The van der Waals surface area contributed by atoms with Crippen molar-refractivity contribution in [2.45, 2.75) is 48.9 Å². The van der Waals surface area contributed by atoms with E-state index in [4.69, 9.17) is 4.74 Å². The summed E-state index contributed by atoms with van der Waals surface area (Å²) in [4.78, 5) is 7.95. The molecule has 118 valence electrons. The Labute approximate surface area is 134 Å². The van der Waals surface area contributed by atoms with Gasteiger partial charge in [-0.3, -0.25) is 0 Å². The first-order valence-electron chi connectivity index (χ1n) is 7.71. The zero-order valence-electron chi connectivity index (χ0n) is 12.7. The van der Waals surface area contributed by atoms with Gasteiger partial charge in [0.25, 0.3) is 0 Å². The monoisotopic (exact) mass is 319 g/mol. The van der Waals surface area contributed by atoms with Crippen LogP contribution < -0.4 is 4.74 Å². The number of nitrogens with one attached hydrogen (secondary N) is 1. The zero-order valence-corrected chi connectivity index (χ0v) is 13.5. The van der Waals surface area contributed by atoms with E-state index >= 15 is 0 Å². The molecule has 0 saturated heterocycles. The molecule has 1 aliphatic carbocycles. The Morgan fingerprint density at radius 2 is 2.18 bits per heavy atom. The molecule has 0 spiro atoms. The number of benzene rings is 1. The van der Waals surface area contributed by atoms with Crippen molar-refractivity contribution < 1.29 is 9.94 Å². The maximum Gasteiger partial charge on any atom is 0.167 e. The molecule has 1 heterocycles. The molecule has 22 heavy (non-hydrogen) atoms. The molecule has 0 amide bonds. The van der Waals surface area contributed by atoms with E-state index in [2.05, 4.69) is 15.1 Å². The highest BCUT2D eigenvalue weighted by atomic mass is 32.2. The van der Waals surface area contributed by atoms with Crippen molar-refractivity contribution in [2.24, 2.45) is 5.16 Å². The average Bonchev–Trinajstić information content (AvgIpc) is 2.91. The van der Waals surface area contributed by atoms with Gasteiger partial charge < -0.3 is 14.9 Å². The van der Waals surface area contributed by atoms with Crippen LogP contribution in [0.15, 0.2) is 28.5 Å². The lowest BCUT2D eigenvalue weighted by molar-refractivity contribution is 0.315. The van der Waals surface area contributed by atoms with E-state index in [1.54, 1.807) is 18.9 Å². The van der Waals surface area contributed by atoms with Crippen LogP contribution in [0.1, 0.15) is 38.5 Å². The highest BCUT2D eigenvalue weighted by Crippen LogP contribution is 2.31. The molecule has 0 radical (unpaired) electrons. The molecule has 1 atom stereocenters. The fourth-order valence-corrected chi connectivity index (χ4v) is 4.02. The molecule has 0 unspecified atom stereocenters. The Morgan fingerprint density at radius 1 is 1.32 bits per heavy atom. The van der Waals surface area contributed by atoms with E-state index in [-0.39, 0.29) is 5.25 Å². The number of H-pyrrole nitrogens is 1. The fraction of sp³-hybridized carbons (Fsp3) is 0.500. The van der Waals surface area contributed by atoms with Gasteiger partial charge in [0.15, 0.2) is 5.16 Å². The zero-order chi connectivity index (χ0) is 15.4. The van der Waals surface area contributed by atoms with Gasteiger partial charge in [0, 0.05) is 6.07 Å². The molecule has 0 aliphatic heterocycles. The Hall–Kier alpha value is -1.69. The number of thioether (sulfide) groups is 1.